The Morgan fingerprint density at radius 1 is 0.949 bits per heavy atom. The van der Waals surface area contributed by atoms with E-state index in [1.807, 2.05) is 0 Å². The number of nitro groups is 1. The lowest BCUT2D eigenvalue weighted by Crippen LogP contribution is -2.32. The molecule has 0 bridgehead atoms. The number of hydrogen-bond acceptors (Lipinski definition) is 7. The predicted molar refractivity (Wildman–Crippen MR) is 143 cm³/mol. The Bertz CT molecular complexity index is 1590. The van der Waals surface area contributed by atoms with Gasteiger partial charge in [-0.1, -0.05) is 24.3 Å². The number of hydrogen-bond donors (Lipinski definition) is 2. The number of amides is 2. The van der Waals surface area contributed by atoms with Crippen LogP contribution >= 0.6 is 0 Å². The molecule has 2 heterocycles. The number of rotatable bonds is 8. The molecule has 3 aromatic carbocycles. The van der Waals surface area contributed by atoms with Crippen molar-refractivity contribution in [1.82, 2.24) is 15.3 Å². The standard InChI is InChI=1S/C28H21N5O6/c34-27(20-5-2-1-3-6-20)30-24(15-19-8-13-25-26(16-19)39-18-38-25)28(35)31-29-17-23-7-4-14-32(23)21-9-11-22(12-10-21)33(36)37/h1-17H,18H2,(H,30,34)(H,31,35)/b24-15+,29-17-. The van der Waals surface area contributed by atoms with Gasteiger partial charge in [-0.3, -0.25) is 19.7 Å². The Hall–Kier alpha value is -5.71. The van der Waals surface area contributed by atoms with Crippen LogP contribution in [0.1, 0.15) is 21.6 Å². The van der Waals surface area contributed by atoms with Gasteiger partial charge < -0.3 is 19.4 Å². The molecule has 0 unspecified atom stereocenters. The summed E-state index contributed by atoms with van der Waals surface area (Å²) in [5.41, 5.74) is 4.66. The molecule has 0 radical (unpaired) electrons. The van der Waals surface area contributed by atoms with Gasteiger partial charge in [-0.15, -0.1) is 0 Å². The maximum absolute atomic E-state index is 13.1. The zero-order valence-electron chi connectivity index (χ0n) is 20.3. The van der Waals surface area contributed by atoms with E-state index in [-0.39, 0.29) is 18.2 Å². The molecule has 11 heteroatoms. The molecule has 0 aliphatic carbocycles. The van der Waals surface area contributed by atoms with Crippen molar-refractivity contribution < 1.29 is 24.0 Å². The molecular weight excluding hydrogens is 502 g/mol. The minimum Gasteiger partial charge on any atom is -0.454 e. The molecular formula is C28H21N5O6. The number of carbonyl (C=O) groups excluding carboxylic acids is 2. The quantitative estimate of drug-likeness (QED) is 0.155. The molecule has 0 atom stereocenters. The second-order valence-electron chi connectivity index (χ2n) is 8.27. The molecule has 1 aliphatic heterocycles. The van der Waals surface area contributed by atoms with Gasteiger partial charge in [0.25, 0.3) is 17.5 Å². The molecule has 4 aromatic rings. The van der Waals surface area contributed by atoms with Crippen LogP contribution in [0.25, 0.3) is 11.8 Å². The van der Waals surface area contributed by atoms with Crippen LogP contribution in [0.2, 0.25) is 0 Å². The van der Waals surface area contributed by atoms with Crippen molar-refractivity contribution in [2.75, 3.05) is 6.79 Å². The van der Waals surface area contributed by atoms with Crippen LogP contribution in [0.3, 0.4) is 0 Å². The zero-order chi connectivity index (χ0) is 27.2. The van der Waals surface area contributed by atoms with Crippen LogP contribution < -0.4 is 20.2 Å². The number of fused-ring (bicyclic) bond motifs is 1. The van der Waals surface area contributed by atoms with Crippen molar-refractivity contribution in [3.05, 3.63) is 124 Å². The first-order chi connectivity index (χ1) is 19.0. The van der Waals surface area contributed by atoms with E-state index < -0.39 is 16.7 Å². The average molecular weight is 524 g/mol. The molecule has 39 heavy (non-hydrogen) atoms. The topological polar surface area (TPSA) is 137 Å². The highest BCUT2D eigenvalue weighted by Gasteiger charge is 2.17. The summed E-state index contributed by atoms with van der Waals surface area (Å²) in [6.45, 7) is 0.108. The summed E-state index contributed by atoms with van der Waals surface area (Å²) < 4.78 is 12.5. The van der Waals surface area contributed by atoms with Crippen molar-refractivity contribution in [2.45, 2.75) is 0 Å². The fourth-order valence-corrected chi connectivity index (χ4v) is 3.80. The number of benzene rings is 3. The highest BCUT2D eigenvalue weighted by atomic mass is 16.7. The first-order valence-corrected chi connectivity index (χ1v) is 11.7. The van der Waals surface area contributed by atoms with Gasteiger partial charge in [0.2, 0.25) is 6.79 Å². The third-order valence-corrected chi connectivity index (χ3v) is 5.72. The van der Waals surface area contributed by atoms with E-state index in [2.05, 4.69) is 15.8 Å². The molecule has 0 saturated heterocycles. The molecule has 11 nitrogen and oxygen atoms in total. The number of nitrogens with zero attached hydrogens (tertiary/aromatic N) is 3. The molecule has 194 valence electrons. The van der Waals surface area contributed by atoms with E-state index >= 15 is 0 Å². The predicted octanol–water partition coefficient (Wildman–Crippen LogP) is 4.04. The Morgan fingerprint density at radius 2 is 1.72 bits per heavy atom. The normalized spacial score (nSPS) is 12.4. The van der Waals surface area contributed by atoms with Crippen molar-refractivity contribution in [2.24, 2.45) is 5.10 Å². The number of nitro benzene ring substituents is 1. The van der Waals surface area contributed by atoms with Crippen LogP contribution in [0.5, 0.6) is 11.5 Å². The van der Waals surface area contributed by atoms with Gasteiger partial charge in [0.05, 0.1) is 16.8 Å². The summed E-state index contributed by atoms with van der Waals surface area (Å²) in [6, 6.07) is 23.2. The number of nitrogens with one attached hydrogen (secondary N) is 2. The van der Waals surface area contributed by atoms with E-state index in [0.717, 1.165) is 0 Å². The molecule has 0 fully saturated rings. The average Bonchev–Trinajstić information content (AvgIpc) is 3.62. The van der Waals surface area contributed by atoms with Gasteiger partial charge in [-0.2, -0.15) is 5.10 Å². The summed E-state index contributed by atoms with van der Waals surface area (Å²) >= 11 is 0. The summed E-state index contributed by atoms with van der Waals surface area (Å²) in [5, 5.41) is 17.6. The van der Waals surface area contributed by atoms with Crippen LogP contribution in [-0.4, -0.2) is 34.3 Å². The van der Waals surface area contributed by atoms with Crippen molar-refractivity contribution in [3.63, 3.8) is 0 Å². The van der Waals surface area contributed by atoms with Crippen molar-refractivity contribution in [3.8, 4) is 17.2 Å². The van der Waals surface area contributed by atoms with Gasteiger partial charge in [0.1, 0.15) is 5.70 Å². The summed E-state index contributed by atoms with van der Waals surface area (Å²) in [7, 11) is 0. The number of hydrazone groups is 1. The van der Waals surface area contributed by atoms with Gasteiger partial charge >= 0.3 is 0 Å². The van der Waals surface area contributed by atoms with Crippen LogP contribution in [0.15, 0.2) is 102 Å². The third kappa shape index (κ3) is 5.83. The van der Waals surface area contributed by atoms with Gasteiger partial charge in [0, 0.05) is 29.6 Å². The first kappa shape index (κ1) is 25.0. The number of ether oxygens (including phenoxy) is 2. The number of aromatic nitrogens is 1. The van der Waals surface area contributed by atoms with E-state index in [9.17, 15) is 19.7 Å². The number of carbonyl (C=O) groups is 2. The van der Waals surface area contributed by atoms with E-state index in [4.69, 9.17) is 9.47 Å². The lowest BCUT2D eigenvalue weighted by Gasteiger charge is -2.10. The lowest BCUT2D eigenvalue weighted by atomic mass is 10.1. The number of non-ortho nitro benzene ring substituents is 1. The van der Waals surface area contributed by atoms with Crippen LogP contribution in [-0.2, 0) is 4.79 Å². The van der Waals surface area contributed by atoms with Gasteiger partial charge in [0.15, 0.2) is 11.5 Å². The Morgan fingerprint density at radius 3 is 2.49 bits per heavy atom. The summed E-state index contributed by atoms with van der Waals surface area (Å²) in [5.74, 6) is 0.00503. The summed E-state index contributed by atoms with van der Waals surface area (Å²) in [4.78, 5) is 36.4. The first-order valence-electron chi connectivity index (χ1n) is 11.7. The maximum atomic E-state index is 13.1. The zero-order valence-corrected chi connectivity index (χ0v) is 20.3. The molecule has 0 spiro atoms. The fourth-order valence-electron chi connectivity index (χ4n) is 3.80. The Balaban J connectivity index is 1.35. The molecule has 5 rings (SSSR count). The van der Waals surface area contributed by atoms with Gasteiger partial charge in [-0.25, -0.2) is 5.43 Å². The smallest absolute Gasteiger partial charge is 0.287 e. The second kappa shape index (κ2) is 11.1. The minimum atomic E-state index is -0.651. The van der Waals surface area contributed by atoms with Crippen LogP contribution in [0.4, 0.5) is 5.69 Å². The third-order valence-electron chi connectivity index (χ3n) is 5.72. The van der Waals surface area contributed by atoms with E-state index in [1.54, 1.807) is 83.6 Å². The van der Waals surface area contributed by atoms with E-state index in [0.29, 0.717) is 34.0 Å². The van der Waals surface area contributed by atoms with Crippen LogP contribution in [0, 0.1) is 10.1 Å². The minimum absolute atomic E-state index is 0.0206. The maximum Gasteiger partial charge on any atom is 0.287 e. The van der Waals surface area contributed by atoms with E-state index in [1.165, 1.54) is 24.4 Å². The van der Waals surface area contributed by atoms with Crippen molar-refractivity contribution >= 4 is 29.8 Å². The van der Waals surface area contributed by atoms with Gasteiger partial charge in [-0.05, 0) is 60.2 Å². The largest absolute Gasteiger partial charge is 0.454 e. The SMILES string of the molecule is O=C(N/N=C\c1cccn1-c1ccc([N+](=O)[O-])cc1)/C(=C\c1ccc2c(c1)OCO2)NC(=O)c1ccccc1. The Labute approximate surface area is 222 Å². The fraction of sp³-hybridized carbons (Fsp3) is 0.0357. The monoisotopic (exact) mass is 523 g/mol. The molecule has 2 amide bonds. The highest BCUT2D eigenvalue weighted by Crippen LogP contribution is 2.33. The second-order valence-corrected chi connectivity index (χ2v) is 8.27. The molecule has 1 aliphatic rings. The summed E-state index contributed by atoms with van der Waals surface area (Å²) in [6.07, 6.45) is 4.69. The Kier molecular flexibility index (Phi) is 7.13. The molecule has 1 aromatic heterocycles. The highest BCUT2D eigenvalue weighted by molar-refractivity contribution is 6.05. The van der Waals surface area contributed by atoms with Crippen molar-refractivity contribution in [1.29, 1.82) is 0 Å². The molecule has 0 saturated carbocycles. The lowest BCUT2D eigenvalue weighted by molar-refractivity contribution is -0.384. The molecule has 2 N–H and O–H groups in total.